The number of rotatable bonds is 8. The molecule has 20 heavy (non-hydrogen) atoms. The Morgan fingerprint density at radius 2 is 1.90 bits per heavy atom. The fraction of sp³-hybridized carbons (Fsp3) is 0.600. The molecular weight excluding hydrogens is 328 g/mol. The highest BCUT2D eigenvalue weighted by Gasteiger charge is 2.11. The van der Waals surface area contributed by atoms with Crippen LogP contribution >= 0.6 is 15.9 Å². The van der Waals surface area contributed by atoms with Crippen molar-refractivity contribution >= 4 is 15.9 Å². The Labute approximate surface area is 128 Å². The van der Waals surface area contributed by atoms with Gasteiger partial charge in [0.2, 0.25) is 0 Å². The van der Waals surface area contributed by atoms with E-state index in [0.29, 0.717) is 29.6 Å². The smallest absolute Gasteiger partial charge is 0.169 e. The second kappa shape index (κ2) is 8.57. The highest BCUT2D eigenvalue weighted by Crippen LogP contribution is 2.29. The average Bonchev–Trinajstić information content (AvgIpc) is 2.34. The van der Waals surface area contributed by atoms with Gasteiger partial charge in [-0.2, -0.15) is 0 Å². The van der Waals surface area contributed by atoms with Gasteiger partial charge in [0, 0.05) is 18.7 Å². The number of nitrogens with one attached hydrogen (secondary N) is 1. The summed E-state index contributed by atoms with van der Waals surface area (Å²) in [5.74, 6) is -0.560. The highest BCUT2D eigenvalue weighted by molar-refractivity contribution is 9.10. The monoisotopic (exact) mass is 349 g/mol. The van der Waals surface area contributed by atoms with Gasteiger partial charge in [-0.25, -0.2) is 8.78 Å². The van der Waals surface area contributed by atoms with Crippen LogP contribution in [0.15, 0.2) is 16.6 Å². The number of ether oxygens (including phenoxy) is 1. The second-order valence-corrected chi connectivity index (χ2v) is 6.23. The minimum atomic E-state index is -0.690. The van der Waals surface area contributed by atoms with E-state index in [-0.39, 0.29) is 5.75 Å². The zero-order valence-corrected chi connectivity index (χ0v) is 13.8. The fourth-order valence-electron chi connectivity index (χ4n) is 1.81. The maximum Gasteiger partial charge on any atom is 0.169 e. The van der Waals surface area contributed by atoms with E-state index in [1.54, 1.807) is 0 Å². The standard InChI is InChI=1S/C15H22BrF2NO/c1-10(2)4-5-11(3)19-6-7-20-15-13(16)8-12(17)9-14(15)18/h8-11,19H,4-7H2,1-3H3. The summed E-state index contributed by atoms with van der Waals surface area (Å²) < 4.78 is 32.0. The van der Waals surface area contributed by atoms with E-state index >= 15 is 0 Å². The quantitative estimate of drug-likeness (QED) is 0.696. The lowest BCUT2D eigenvalue weighted by Gasteiger charge is -2.15. The first-order valence-electron chi connectivity index (χ1n) is 6.91. The minimum Gasteiger partial charge on any atom is -0.488 e. The molecule has 1 aromatic rings. The third-order valence-electron chi connectivity index (χ3n) is 2.98. The van der Waals surface area contributed by atoms with Crippen LogP contribution in [0.1, 0.15) is 33.6 Å². The maximum absolute atomic E-state index is 13.5. The molecule has 1 N–H and O–H groups in total. The van der Waals surface area contributed by atoms with Crippen molar-refractivity contribution in [2.45, 2.75) is 39.7 Å². The van der Waals surface area contributed by atoms with Crippen molar-refractivity contribution in [1.82, 2.24) is 5.32 Å². The SMILES string of the molecule is CC(C)CCC(C)NCCOc1c(F)cc(F)cc1Br. The van der Waals surface area contributed by atoms with Crippen molar-refractivity contribution < 1.29 is 13.5 Å². The van der Waals surface area contributed by atoms with Crippen LogP contribution in [0.25, 0.3) is 0 Å². The van der Waals surface area contributed by atoms with E-state index in [4.69, 9.17) is 4.74 Å². The molecule has 1 atom stereocenters. The van der Waals surface area contributed by atoms with Gasteiger partial charge in [0.1, 0.15) is 12.4 Å². The predicted molar refractivity (Wildman–Crippen MR) is 81.1 cm³/mol. The molecule has 0 aromatic heterocycles. The van der Waals surface area contributed by atoms with Crippen molar-refractivity contribution in [3.8, 4) is 5.75 Å². The third kappa shape index (κ3) is 6.18. The molecule has 1 rings (SSSR count). The van der Waals surface area contributed by atoms with E-state index < -0.39 is 11.6 Å². The first-order chi connectivity index (χ1) is 9.40. The van der Waals surface area contributed by atoms with E-state index in [2.05, 4.69) is 42.0 Å². The second-order valence-electron chi connectivity index (χ2n) is 5.37. The molecule has 114 valence electrons. The van der Waals surface area contributed by atoms with Gasteiger partial charge < -0.3 is 10.1 Å². The van der Waals surface area contributed by atoms with E-state index in [9.17, 15) is 8.78 Å². The third-order valence-corrected chi connectivity index (χ3v) is 3.57. The summed E-state index contributed by atoms with van der Waals surface area (Å²) in [5.41, 5.74) is 0. The van der Waals surface area contributed by atoms with E-state index in [1.807, 2.05) is 0 Å². The summed E-state index contributed by atoms with van der Waals surface area (Å²) in [5, 5.41) is 3.32. The molecule has 0 bridgehead atoms. The van der Waals surface area contributed by atoms with E-state index in [1.165, 1.54) is 12.5 Å². The average molecular weight is 350 g/mol. The van der Waals surface area contributed by atoms with Gasteiger partial charge in [-0.05, 0) is 47.7 Å². The van der Waals surface area contributed by atoms with Crippen LogP contribution in [0.4, 0.5) is 8.78 Å². The molecule has 0 saturated carbocycles. The summed E-state index contributed by atoms with van der Waals surface area (Å²) in [7, 11) is 0. The van der Waals surface area contributed by atoms with Gasteiger partial charge >= 0.3 is 0 Å². The van der Waals surface area contributed by atoms with Crippen molar-refractivity contribution in [1.29, 1.82) is 0 Å². The summed E-state index contributed by atoms with van der Waals surface area (Å²) in [6.45, 7) is 7.49. The Kier molecular flexibility index (Phi) is 7.45. The molecule has 1 unspecified atom stereocenters. The van der Waals surface area contributed by atoms with Crippen molar-refractivity contribution in [2.75, 3.05) is 13.2 Å². The van der Waals surface area contributed by atoms with Crippen LogP contribution in [-0.2, 0) is 0 Å². The molecule has 2 nitrogen and oxygen atoms in total. The van der Waals surface area contributed by atoms with Gasteiger partial charge in [0.05, 0.1) is 4.47 Å². The molecule has 0 fully saturated rings. The number of benzene rings is 1. The van der Waals surface area contributed by atoms with Gasteiger partial charge in [-0.3, -0.25) is 0 Å². The lowest BCUT2D eigenvalue weighted by Crippen LogP contribution is -2.30. The summed E-state index contributed by atoms with van der Waals surface area (Å²) in [6, 6.07) is 2.41. The molecule has 0 aliphatic heterocycles. The van der Waals surface area contributed by atoms with Crippen LogP contribution in [0, 0.1) is 17.6 Å². The predicted octanol–water partition coefficient (Wildman–Crippen LogP) is 4.52. The van der Waals surface area contributed by atoms with Crippen molar-refractivity contribution in [2.24, 2.45) is 5.92 Å². The first kappa shape index (κ1) is 17.4. The molecule has 0 saturated heterocycles. The minimum absolute atomic E-state index is 0.0584. The topological polar surface area (TPSA) is 21.3 Å². The Hall–Kier alpha value is -0.680. The summed E-state index contributed by atoms with van der Waals surface area (Å²) in [6.07, 6.45) is 2.28. The number of hydrogen-bond acceptors (Lipinski definition) is 2. The van der Waals surface area contributed by atoms with Crippen molar-refractivity contribution in [3.05, 3.63) is 28.2 Å². The van der Waals surface area contributed by atoms with Gasteiger partial charge in [0.15, 0.2) is 11.6 Å². The Morgan fingerprint density at radius 3 is 2.50 bits per heavy atom. The van der Waals surface area contributed by atoms with Gasteiger partial charge in [-0.1, -0.05) is 13.8 Å². The van der Waals surface area contributed by atoms with Crippen LogP contribution in [-0.4, -0.2) is 19.2 Å². The summed E-state index contributed by atoms with van der Waals surface area (Å²) in [4.78, 5) is 0. The normalized spacial score (nSPS) is 12.8. The molecule has 0 aliphatic rings. The molecule has 0 radical (unpaired) electrons. The maximum atomic E-state index is 13.5. The van der Waals surface area contributed by atoms with Crippen LogP contribution in [0.5, 0.6) is 5.75 Å². The zero-order chi connectivity index (χ0) is 15.1. The van der Waals surface area contributed by atoms with Crippen molar-refractivity contribution in [3.63, 3.8) is 0 Å². The number of hydrogen-bond donors (Lipinski definition) is 1. The lowest BCUT2D eigenvalue weighted by atomic mass is 10.0. The van der Waals surface area contributed by atoms with Gasteiger partial charge in [0.25, 0.3) is 0 Å². The van der Waals surface area contributed by atoms with Crippen LogP contribution < -0.4 is 10.1 Å². The fourth-order valence-corrected chi connectivity index (χ4v) is 2.33. The molecule has 1 aromatic carbocycles. The number of halogens is 3. The molecular formula is C15H22BrF2NO. The molecule has 0 amide bonds. The molecule has 5 heteroatoms. The largest absolute Gasteiger partial charge is 0.488 e. The lowest BCUT2D eigenvalue weighted by molar-refractivity contribution is 0.287. The Bertz CT molecular complexity index is 403. The Morgan fingerprint density at radius 1 is 1.20 bits per heavy atom. The molecule has 0 aliphatic carbocycles. The molecule has 0 heterocycles. The highest BCUT2D eigenvalue weighted by atomic mass is 79.9. The Balaban J connectivity index is 2.31. The molecule has 0 spiro atoms. The van der Waals surface area contributed by atoms with Crippen LogP contribution in [0.3, 0.4) is 0 Å². The van der Waals surface area contributed by atoms with Crippen LogP contribution in [0.2, 0.25) is 0 Å². The summed E-state index contributed by atoms with van der Waals surface area (Å²) >= 11 is 3.09. The van der Waals surface area contributed by atoms with Gasteiger partial charge in [-0.15, -0.1) is 0 Å². The zero-order valence-electron chi connectivity index (χ0n) is 12.2. The first-order valence-corrected chi connectivity index (χ1v) is 7.70. The van der Waals surface area contributed by atoms with E-state index in [0.717, 1.165) is 12.5 Å².